The largest absolute Gasteiger partial charge is 0.493 e. The molecule has 2 aromatic heterocycles. The molecule has 0 spiro atoms. The monoisotopic (exact) mass is 525 g/mol. The van der Waals surface area contributed by atoms with Crippen molar-refractivity contribution in [1.82, 2.24) is 25.2 Å². The van der Waals surface area contributed by atoms with Gasteiger partial charge in [0.1, 0.15) is 5.82 Å². The zero-order valence-electron chi connectivity index (χ0n) is 19.1. The summed E-state index contributed by atoms with van der Waals surface area (Å²) in [6.07, 6.45) is -0.295. The summed E-state index contributed by atoms with van der Waals surface area (Å²) >= 11 is 5.97. The Hall–Kier alpha value is -4.32. The predicted octanol–water partition coefficient (Wildman–Crippen LogP) is 3.02. The molecular formula is C25H21ClFN5O5. The molecule has 1 atom stereocenters. The van der Waals surface area contributed by atoms with E-state index in [1.54, 1.807) is 42.5 Å². The Balaban J connectivity index is 1.53. The summed E-state index contributed by atoms with van der Waals surface area (Å²) in [5, 5.41) is 34.9. The Labute approximate surface area is 215 Å². The lowest BCUT2D eigenvalue weighted by Gasteiger charge is -2.24. The zero-order valence-corrected chi connectivity index (χ0v) is 19.9. The molecule has 37 heavy (non-hydrogen) atoms. The summed E-state index contributed by atoms with van der Waals surface area (Å²) < 4.78 is 15.3. The first kappa shape index (κ1) is 25.8. The van der Waals surface area contributed by atoms with E-state index in [-0.39, 0.29) is 23.9 Å². The van der Waals surface area contributed by atoms with Crippen LogP contribution in [0.15, 0.2) is 72.9 Å². The van der Waals surface area contributed by atoms with E-state index in [1.807, 2.05) is 0 Å². The number of pyridine rings is 1. The van der Waals surface area contributed by atoms with Gasteiger partial charge in [-0.3, -0.25) is 10.2 Å². The molecule has 2 aromatic carbocycles. The van der Waals surface area contributed by atoms with Gasteiger partial charge in [0.25, 0.3) is 5.91 Å². The van der Waals surface area contributed by atoms with E-state index in [9.17, 15) is 24.2 Å². The number of nitrogens with zero attached hydrogens (tertiary/aromatic N) is 4. The van der Waals surface area contributed by atoms with Gasteiger partial charge in [0, 0.05) is 29.4 Å². The number of hydrogen-bond donors (Lipinski definition) is 4. The maximum Gasteiger partial charge on any atom is 0.333 e. The average molecular weight is 526 g/mol. The van der Waals surface area contributed by atoms with Crippen molar-refractivity contribution in [3.05, 3.63) is 95.0 Å². The molecule has 0 unspecified atom stereocenters. The highest BCUT2D eigenvalue weighted by Gasteiger charge is 2.23. The Morgan fingerprint density at radius 2 is 1.86 bits per heavy atom. The van der Waals surface area contributed by atoms with E-state index >= 15 is 0 Å². The maximum atomic E-state index is 14.2. The molecule has 10 nitrogen and oxygen atoms in total. The summed E-state index contributed by atoms with van der Waals surface area (Å²) in [5.41, 5.74) is 3.86. The van der Waals surface area contributed by atoms with Gasteiger partial charge in [-0.15, -0.1) is 0 Å². The number of rotatable bonds is 9. The summed E-state index contributed by atoms with van der Waals surface area (Å²) in [7, 11) is 0. The number of benzene rings is 2. The first-order valence-electron chi connectivity index (χ1n) is 10.9. The average Bonchev–Trinajstić information content (AvgIpc) is 3.28. The van der Waals surface area contributed by atoms with Crippen molar-refractivity contribution in [2.45, 2.75) is 12.6 Å². The minimum Gasteiger partial charge on any atom is -0.493 e. The SMILES string of the molecule is O=C(NN(Cc1ccc(-c2cc(Cl)ccc2F)cc1)C[C@@H](O)C(=O)O)c1cc(O)n(-c2ccccn2)n1. The van der Waals surface area contributed by atoms with Crippen molar-refractivity contribution < 1.29 is 29.3 Å². The van der Waals surface area contributed by atoms with E-state index in [2.05, 4.69) is 15.5 Å². The van der Waals surface area contributed by atoms with E-state index < -0.39 is 30.3 Å². The number of carboxylic acids is 1. The third-order valence-electron chi connectivity index (χ3n) is 5.29. The number of carbonyl (C=O) groups excluding carboxylic acids is 1. The quantitative estimate of drug-likeness (QED) is 0.244. The van der Waals surface area contributed by atoms with Crippen LogP contribution >= 0.6 is 11.6 Å². The fourth-order valence-corrected chi connectivity index (χ4v) is 3.67. The topological polar surface area (TPSA) is 141 Å². The summed E-state index contributed by atoms with van der Waals surface area (Å²) in [4.78, 5) is 28.1. The highest BCUT2D eigenvalue weighted by atomic mass is 35.5. The number of nitrogens with one attached hydrogen (secondary N) is 1. The number of hydrogen-bond acceptors (Lipinski definition) is 7. The second-order valence-corrected chi connectivity index (χ2v) is 8.42. The van der Waals surface area contributed by atoms with Gasteiger partial charge in [-0.05, 0) is 41.5 Å². The number of aliphatic hydroxyl groups is 1. The number of aromatic nitrogens is 3. The summed E-state index contributed by atoms with van der Waals surface area (Å²) in [5.74, 6) is -2.70. The fraction of sp³-hybridized carbons (Fsp3) is 0.120. The molecule has 12 heteroatoms. The second kappa shape index (κ2) is 11.2. The molecule has 0 aliphatic heterocycles. The van der Waals surface area contributed by atoms with Crippen LogP contribution < -0.4 is 5.43 Å². The fourth-order valence-electron chi connectivity index (χ4n) is 3.50. The molecule has 0 fully saturated rings. The van der Waals surface area contributed by atoms with Gasteiger partial charge in [0.05, 0.1) is 6.54 Å². The first-order chi connectivity index (χ1) is 17.7. The van der Waals surface area contributed by atoms with Crippen LogP contribution in [0.4, 0.5) is 4.39 Å². The standard InChI is InChI=1S/C25H21ClFN5O5/c26-17-8-9-19(27)18(11-17)16-6-4-15(5-7-16)13-31(14-21(33)25(36)37)30-24(35)20-12-23(34)32(29-20)22-3-1-2-10-28-22/h1-12,21,33-34H,13-14H2,(H,30,35)(H,36,37)/t21-/m1/s1. The molecule has 4 N–H and O–H groups in total. The summed E-state index contributed by atoms with van der Waals surface area (Å²) in [6.45, 7) is -0.444. The van der Waals surface area contributed by atoms with Crippen molar-refractivity contribution in [1.29, 1.82) is 0 Å². The number of aliphatic carboxylic acids is 1. The third-order valence-corrected chi connectivity index (χ3v) is 5.53. The number of aliphatic hydroxyl groups excluding tert-OH is 1. The number of amides is 1. The second-order valence-electron chi connectivity index (χ2n) is 7.98. The van der Waals surface area contributed by atoms with E-state index in [4.69, 9.17) is 16.7 Å². The van der Waals surface area contributed by atoms with Crippen LogP contribution in [-0.2, 0) is 11.3 Å². The van der Waals surface area contributed by atoms with Crippen molar-refractivity contribution in [3.63, 3.8) is 0 Å². The van der Waals surface area contributed by atoms with Gasteiger partial charge in [-0.1, -0.05) is 41.9 Å². The van der Waals surface area contributed by atoms with Crippen LogP contribution in [0, 0.1) is 5.82 Å². The molecule has 0 saturated carbocycles. The van der Waals surface area contributed by atoms with Gasteiger partial charge < -0.3 is 15.3 Å². The number of aromatic hydroxyl groups is 1. The van der Waals surface area contributed by atoms with Gasteiger partial charge in [-0.25, -0.2) is 19.2 Å². The smallest absolute Gasteiger partial charge is 0.333 e. The molecule has 2 heterocycles. The van der Waals surface area contributed by atoms with Crippen molar-refractivity contribution in [2.75, 3.05) is 6.54 Å². The lowest BCUT2D eigenvalue weighted by atomic mass is 10.0. The lowest BCUT2D eigenvalue weighted by molar-refractivity contribution is -0.148. The minimum atomic E-state index is -1.79. The molecule has 0 bridgehead atoms. The molecule has 1 amide bonds. The predicted molar refractivity (Wildman–Crippen MR) is 131 cm³/mol. The Kier molecular flexibility index (Phi) is 7.77. The van der Waals surface area contributed by atoms with E-state index in [1.165, 1.54) is 29.4 Å². The lowest BCUT2D eigenvalue weighted by Crippen LogP contribution is -2.47. The van der Waals surface area contributed by atoms with Crippen LogP contribution in [0.2, 0.25) is 5.02 Å². The number of halogens is 2. The van der Waals surface area contributed by atoms with Gasteiger partial charge in [0.2, 0.25) is 5.88 Å². The molecular weight excluding hydrogens is 505 g/mol. The molecule has 0 radical (unpaired) electrons. The highest BCUT2D eigenvalue weighted by Crippen LogP contribution is 2.26. The van der Waals surface area contributed by atoms with E-state index in [0.29, 0.717) is 21.7 Å². The normalized spacial score (nSPS) is 11.9. The van der Waals surface area contributed by atoms with Gasteiger partial charge >= 0.3 is 5.97 Å². The number of hydrazine groups is 1. The Bertz CT molecular complexity index is 1420. The van der Waals surface area contributed by atoms with Crippen LogP contribution in [0.25, 0.3) is 16.9 Å². The first-order valence-corrected chi connectivity index (χ1v) is 11.3. The molecule has 4 aromatic rings. The van der Waals surface area contributed by atoms with Crippen molar-refractivity contribution >= 4 is 23.5 Å². The highest BCUT2D eigenvalue weighted by molar-refractivity contribution is 6.30. The van der Waals surface area contributed by atoms with E-state index in [0.717, 1.165) is 10.7 Å². The van der Waals surface area contributed by atoms with Gasteiger partial charge in [0.15, 0.2) is 17.6 Å². The molecule has 0 aliphatic rings. The van der Waals surface area contributed by atoms with Crippen LogP contribution in [0.3, 0.4) is 0 Å². The van der Waals surface area contributed by atoms with Crippen LogP contribution in [0.5, 0.6) is 5.88 Å². The zero-order chi connectivity index (χ0) is 26.5. The van der Waals surface area contributed by atoms with Crippen molar-refractivity contribution in [3.8, 4) is 22.8 Å². The Morgan fingerprint density at radius 1 is 1.11 bits per heavy atom. The molecule has 0 aliphatic carbocycles. The Morgan fingerprint density at radius 3 is 2.54 bits per heavy atom. The molecule has 4 rings (SSSR count). The maximum absolute atomic E-state index is 14.2. The number of carboxylic acid groups (broad SMARTS) is 1. The van der Waals surface area contributed by atoms with Crippen LogP contribution in [-0.4, -0.2) is 59.6 Å². The molecule has 0 saturated heterocycles. The third kappa shape index (κ3) is 6.28. The number of carbonyl (C=O) groups is 2. The molecule has 190 valence electrons. The van der Waals surface area contributed by atoms with Gasteiger partial charge in [-0.2, -0.15) is 9.78 Å². The van der Waals surface area contributed by atoms with Crippen LogP contribution in [0.1, 0.15) is 16.1 Å². The minimum absolute atomic E-state index is 0.00131. The summed E-state index contributed by atoms with van der Waals surface area (Å²) in [6, 6.07) is 17.0. The van der Waals surface area contributed by atoms with Crippen molar-refractivity contribution in [2.24, 2.45) is 0 Å².